The first-order valence-electron chi connectivity index (χ1n) is 8.81. The van der Waals surface area contributed by atoms with E-state index in [1.54, 1.807) is 18.6 Å². The van der Waals surface area contributed by atoms with Gasteiger partial charge < -0.3 is 18.5 Å². The molecule has 1 atom stereocenters. The predicted octanol–water partition coefficient (Wildman–Crippen LogP) is 2.55. The molecule has 4 rings (SSSR count). The van der Waals surface area contributed by atoms with Crippen LogP contribution < -0.4 is 0 Å². The van der Waals surface area contributed by atoms with Crippen molar-refractivity contribution in [2.24, 2.45) is 5.41 Å². The summed E-state index contributed by atoms with van der Waals surface area (Å²) in [4.78, 5) is 17.2. The fourth-order valence-corrected chi connectivity index (χ4v) is 3.98. The van der Waals surface area contributed by atoms with Gasteiger partial charge >= 0.3 is 0 Å². The first-order valence-corrected chi connectivity index (χ1v) is 8.81. The summed E-state index contributed by atoms with van der Waals surface area (Å²) >= 11 is 0. The van der Waals surface area contributed by atoms with Crippen molar-refractivity contribution in [3.63, 3.8) is 0 Å². The summed E-state index contributed by atoms with van der Waals surface area (Å²) in [6, 6.07) is 5.68. The number of rotatable bonds is 3. The Labute approximate surface area is 147 Å². The average Bonchev–Trinajstić information content (AvgIpc) is 3.30. The third kappa shape index (κ3) is 3.37. The van der Waals surface area contributed by atoms with Crippen LogP contribution in [0.25, 0.3) is 0 Å². The van der Waals surface area contributed by atoms with Crippen LogP contribution in [0.15, 0.2) is 39.6 Å². The van der Waals surface area contributed by atoms with Crippen LogP contribution >= 0.6 is 0 Å². The normalized spacial score (nSPS) is 24.8. The molecule has 0 aliphatic carbocycles. The minimum absolute atomic E-state index is 0.00358. The number of nitrogens with zero attached hydrogens (tertiary/aromatic N) is 2. The molecule has 0 aromatic carbocycles. The highest BCUT2D eigenvalue weighted by molar-refractivity contribution is 5.95. The van der Waals surface area contributed by atoms with Crippen molar-refractivity contribution < 1.29 is 18.4 Å². The Morgan fingerprint density at radius 3 is 2.88 bits per heavy atom. The molecule has 0 unspecified atom stereocenters. The van der Waals surface area contributed by atoms with E-state index in [0.29, 0.717) is 31.1 Å². The number of hydrogen-bond acceptors (Lipinski definition) is 5. The molecule has 0 radical (unpaired) electrons. The van der Waals surface area contributed by atoms with Crippen molar-refractivity contribution in [3.05, 3.63) is 47.8 Å². The second-order valence-corrected chi connectivity index (χ2v) is 7.21. The number of likely N-dealkylation sites (tertiary alicyclic amines) is 1. The van der Waals surface area contributed by atoms with Gasteiger partial charge in [-0.05, 0) is 38.1 Å². The van der Waals surface area contributed by atoms with Crippen LogP contribution in [0, 0.1) is 12.3 Å². The van der Waals surface area contributed by atoms with Crippen LogP contribution in [0.4, 0.5) is 0 Å². The topological polar surface area (TPSA) is 59.1 Å². The van der Waals surface area contributed by atoms with Crippen molar-refractivity contribution in [2.75, 3.05) is 39.4 Å². The quantitative estimate of drug-likeness (QED) is 0.856. The Balaban J connectivity index is 1.46. The van der Waals surface area contributed by atoms with Crippen LogP contribution in [0.5, 0.6) is 0 Å². The van der Waals surface area contributed by atoms with Gasteiger partial charge in [0.05, 0.1) is 37.8 Å². The summed E-state index contributed by atoms with van der Waals surface area (Å²) in [6.45, 7) is 7.20. The van der Waals surface area contributed by atoms with Crippen molar-refractivity contribution in [2.45, 2.75) is 19.9 Å². The summed E-state index contributed by atoms with van der Waals surface area (Å²) in [6.07, 6.45) is 4.32. The van der Waals surface area contributed by atoms with Gasteiger partial charge in [0.15, 0.2) is 0 Å². The number of carbonyl (C=O) groups is 1. The third-order valence-corrected chi connectivity index (χ3v) is 5.29. The SMILES string of the molecule is Cc1occc1C(=O)N1CCOC[C@]2(CCN(Cc3ccco3)C2)C1. The summed E-state index contributed by atoms with van der Waals surface area (Å²) in [5, 5.41) is 0. The van der Waals surface area contributed by atoms with Gasteiger partial charge in [-0.25, -0.2) is 0 Å². The summed E-state index contributed by atoms with van der Waals surface area (Å²) < 4.78 is 16.6. The number of furan rings is 2. The van der Waals surface area contributed by atoms with Crippen LogP contribution in [0.3, 0.4) is 0 Å². The summed E-state index contributed by atoms with van der Waals surface area (Å²) in [7, 11) is 0. The van der Waals surface area contributed by atoms with E-state index in [9.17, 15) is 4.79 Å². The number of ether oxygens (including phenoxy) is 1. The Bertz CT molecular complexity index is 724. The second-order valence-electron chi connectivity index (χ2n) is 7.21. The second kappa shape index (κ2) is 6.69. The monoisotopic (exact) mass is 344 g/mol. The van der Waals surface area contributed by atoms with E-state index in [2.05, 4.69) is 4.90 Å². The zero-order valence-corrected chi connectivity index (χ0v) is 14.6. The van der Waals surface area contributed by atoms with Crippen molar-refractivity contribution in [1.82, 2.24) is 9.80 Å². The van der Waals surface area contributed by atoms with Gasteiger partial charge in [0.1, 0.15) is 11.5 Å². The first kappa shape index (κ1) is 16.4. The number of amides is 1. The highest BCUT2D eigenvalue weighted by Gasteiger charge is 2.42. The molecule has 6 nitrogen and oxygen atoms in total. The van der Waals surface area contributed by atoms with E-state index in [1.165, 1.54) is 0 Å². The van der Waals surface area contributed by atoms with Gasteiger partial charge in [0.2, 0.25) is 0 Å². The molecule has 0 bridgehead atoms. The fraction of sp³-hybridized carbons (Fsp3) is 0.526. The molecule has 4 heterocycles. The van der Waals surface area contributed by atoms with Crippen LogP contribution in [0.2, 0.25) is 0 Å². The Kier molecular flexibility index (Phi) is 4.39. The van der Waals surface area contributed by atoms with Crippen molar-refractivity contribution in [3.8, 4) is 0 Å². The molecule has 25 heavy (non-hydrogen) atoms. The molecular formula is C19H24N2O4. The van der Waals surface area contributed by atoms with Gasteiger partial charge in [0, 0.05) is 25.0 Å². The third-order valence-electron chi connectivity index (χ3n) is 5.29. The zero-order valence-electron chi connectivity index (χ0n) is 14.6. The maximum atomic E-state index is 12.9. The molecule has 0 saturated carbocycles. The molecule has 2 saturated heterocycles. The summed E-state index contributed by atoms with van der Waals surface area (Å²) in [5.41, 5.74) is 0.652. The van der Waals surface area contributed by atoms with Gasteiger partial charge in [-0.1, -0.05) is 0 Å². The molecule has 134 valence electrons. The Hall–Kier alpha value is -2.05. The maximum Gasteiger partial charge on any atom is 0.257 e. The molecule has 2 fully saturated rings. The number of hydrogen-bond donors (Lipinski definition) is 0. The maximum absolute atomic E-state index is 12.9. The lowest BCUT2D eigenvalue weighted by molar-refractivity contribution is 0.0639. The van der Waals surface area contributed by atoms with E-state index in [0.717, 1.165) is 38.4 Å². The minimum atomic E-state index is -0.00358. The molecule has 2 aliphatic rings. The summed E-state index contributed by atoms with van der Waals surface area (Å²) in [5.74, 6) is 1.70. The lowest BCUT2D eigenvalue weighted by Gasteiger charge is -2.31. The van der Waals surface area contributed by atoms with Gasteiger partial charge in [-0.2, -0.15) is 0 Å². The number of aryl methyl sites for hydroxylation is 1. The smallest absolute Gasteiger partial charge is 0.257 e. The fourth-order valence-electron chi connectivity index (χ4n) is 3.98. The molecular weight excluding hydrogens is 320 g/mol. The standard InChI is InChI=1S/C19H24N2O4/c1-15-17(4-9-24-15)18(22)21-7-10-23-14-19(13-21)5-6-20(12-19)11-16-3-2-8-25-16/h2-4,8-9H,5-7,10-14H2,1H3/t19-/m0/s1. The van der Waals surface area contributed by atoms with Crippen molar-refractivity contribution in [1.29, 1.82) is 0 Å². The van der Waals surface area contributed by atoms with Gasteiger partial charge in [-0.15, -0.1) is 0 Å². The van der Waals surface area contributed by atoms with Gasteiger partial charge in [0.25, 0.3) is 5.91 Å². The lowest BCUT2D eigenvalue weighted by Crippen LogP contribution is -2.43. The molecule has 2 aromatic heterocycles. The van der Waals surface area contributed by atoms with E-state index in [-0.39, 0.29) is 11.3 Å². The predicted molar refractivity (Wildman–Crippen MR) is 91.2 cm³/mol. The van der Waals surface area contributed by atoms with Gasteiger partial charge in [-0.3, -0.25) is 9.69 Å². The Morgan fingerprint density at radius 1 is 1.20 bits per heavy atom. The molecule has 0 N–H and O–H groups in total. The van der Waals surface area contributed by atoms with E-state index in [1.807, 2.05) is 24.0 Å². The van der Waals surface area contributed by atoms with Crippen LogP contribution in [-0.4, -0.2) is 55.1 Å². The largest absolute Gasteiger partial charge is 0.469 e. The average molecular weight is 344 g/mol. The van der Waals surface area contributed by atoms with E-state index < -0.39 is 0 Å². The molecule has 1 spiro atoms. The lowest BCUT2D eigenvalue weighted by atomic mass is 9.87. The number of carbonyl (C=O) groups excluding carboxylic acids is 1. The van der Waals surface area contributed by atoms with Crippen LogP contribution in [0.1, 0.15) is 28.3 Å². The molecule has 1 amide bonds. The Morgan fingerprint density at radius 2 is 2.12 bits per heavy atom. The van der Waals surface area contributed by atoms with E-state index >= 15 is 0 Å². The first-order chi connectivity index (χ1) is 12.2. The molecule has 2 aliphatic heterocycles. The minimum Gasteiger partial charge on any atom is -0.469 e. The highest BCUT2D eigenvalue weighted by atomic mass is 16.5. The zero-order chi connectivity index (χ0) is 17.3. The highest BCUT2D eigenvalue weighted by Crippen LogP contribution is 2.34. The van der Waals surface area contributed by atoms with E-state index in [4.69, 9.17) is 13.6 Å². The molecule has 2 aromatic rings. The molecule has 6 heteroatoms. The van der Waals surface area contributed by atoms with Crippen LogP contribution in [-0.2, 0) is 11.3 Å². The van der Waals surface area contributed by atoms with Crippen molar-refractivity contribution >= 4 is 5.91 Å².